The highest BCUT2D eigenvalue weighted by Crippen LogP contribution is 2.36. The van der Waals surface area contributed by atoms with E-state index in [0.717, 1.165) is 17.1 Å². The third-order valence-electron chi connectivity index (χ3n) is 3.79. The third kappa shape index (κ3) is 5.33. The average Bonchev–Trinajstić information content (AvgIpc) is 3.05. The topological polar surface area (TPSA) is 67.4 Å². The summed E-state index contributed by atoms with van der Waals surface area (Å²) >= 11 is 2.62. The molecule has 1 aromatic heterocycles. The minimum Gasteiger partial charge on any atom is -0.378 e. The van der Waals surface area contributed by atoms with Crippen molar-refractivity contribution in [1.29, 1.82) is 0 Å². The molecule has 2 aromatic rings. The molecule has 0 bridgehead atoms. The number of hydrogen-bond acceptors (Lipinski definition) is 7. The predicted octanol–water partition coefficient (Wildman–Crippen LogP) is 3.43. The van der Waals surface area contributed by atoms with Crippen molar-refractivity contribution in [2.24, 2.45) is 0 Å². The van der Waals surface area contributed by atoms with Crippen LogP contribution in [0.3, 0.4) is 0 Å². The summed E-state index contributed by atoms with van der Waals surface area (Å²) in [6.07, 6.45) is -4.45. The maximum absolute atomic E-state index is 13.1. The number of nitrogens with one attached hydrogen (secondary N) is 1. The predicted molar refractivity (Wildman–Crippen MR) is 98.5 cm³/mol. The van der Waals surface area contributed by atoms with E-state index in [1.807, 2.05) is 6.92 Å². The fraction of sp³-hybridized carbons (Fsp3) is 0.438. The zero-order chi connectivity index (χ0) is 19.4. The number of halogens is 3. The summed E-state index contributed by atoms with van der Waals surface area (Å²) in [7, 11) is 0. The van der Waals surface area contributed by atoms with E-state index in [-0.39, 0.29) is 11.7 Å². The van der Waals surface area contributed by atoms with Crippen LogP contribution in [0, 0.1) is 6.92 Å². The van der Waals surface area contributed by atoms with Crippen LogP contribution in [0.1, 0.15) is 10.6 Å². The van der Waals surface area contributed by atoms with Crippen molar-refractivity contribution in [2.75, 3.05) is 42.3 Å². The zero-order valence-corrected chi connectivity index (χ0v) is 16.0. The highest BCUT2D eigenvalue weighted by molar-refractivity contribution is 8.01. The van der Waals surface area contributed by atoms with Gasteiger partial charge in [-0.2, -0.15) is 13.2 Å². The minimum atomic E-state index is -4.45. The summed E-state index contributed by atoms with van der Waals surface area (Å²) in [6.45, 7) is 3.59. The first-order valence-electron chi connectivity index (χ1n) is 8.09. The minimum absolute atomic E-state index is 0.0954. The first-order valence-corrected chi connectivity index (χ1v) is 9.90. The molecule has 146 valence electrons. The highest BCUT2D eigenvalue weighted by atomic mass is 32.2. The zero-order valence-electron chi connectivity index (χ0n) is 14.4. The quantitative estimate of drug-likeness (QED) is 0.751. The number of aryl methyl sites for hydroxylation is 1. The molecule has 0 saturated carbocycles. The number of rotatable bonds is 5. The lowest BCUT2D eigenvalue weighted by Crippen LogP contribution is -2.37. The molecule has 0 spiro atoms. The number of aromatic nitrogens is 2. The Balaban J connectivity index is 1.75. The first kappa shape index (κ1) is 19.9. The van der Waals surface area contributed by atoms with E-state index < -0.39 is 11.7 Å². The van der Waals surface area contributed by atoms with Gasteiger partial charge in [-0.05, 0) is 25.1 Å². The molecule has 1 fully saturated rings. The first-order chi connectivity index (χ1) is 12.8. The van der Waals surface area contributed by atoms with Gasteiger partial charge in [-0.15, -0.1) is 10.2 Å². The second-order valence-electron chi connectivity index (χ2n) is 5.75. The molecule has 0 aliphatic carbocycles. The fourth-order valence-electron chi connectivity index (χ4n) is 2.53. The molecule has 6 nitrogen and oxygen atoms in total. The molecule has 11 heteroatoms. The molecule has 3 rings (SSSR count). The Morgan fingerprint density at radius 1 is 1.33 bits per heavy atom. The number of morpholine rings is 1. The van der Waals surface area contributed by atoms with E-state index >= 15 is 0 Å². The summed E-state index contributed by atoms with van der Waals surface area (Å²) in [5, 5.41) is 11.3. The van der Waals surface area contributed by atoms with Gasteiger partial charge in [0, 0.05) is 13.1 Å². The van der Waals surface area contributed by atoms with Crippen molar-refractivity contribution in [3.05, 3.63) is 28.8 Å². The van der Waals surface area contributed by atoms with Gasteiger partial charge >= 0.3 is 6.18 Å². The van der Waals surface area contributed by atoms with E-state index in [2.05, 4.69) is 15.5 Å². The Morgan fingerprint density at radius 3 is 2.70 bits per heavy atom. The van der Waals surface area contributed by atoms with Gasteiger partial charge in [-0.1, -0.05) is 23.1 Å². The van der Waals surface area contributed by atoms with Crippen LogP contribution in [0.5, 0.6) is 0 Å². The molecule has 0 unspecified atom stereocenters. The van der Waals surface area contributed by atoms with Crippen LogP contribution in [-0.2, 0) is 15.7 Å². The monoisotopic (exact) mass is 418 g/mol. The second kappa shape index (κ2) is 8.44. The molecular weight excluding hydrogens is 401 g/mol. The Labute approximate surface area is 162 Å². The molecule has 2 heterocycles. The van der Waals surface area contributed by atoms with Crippen molar-refractivity contribution in [3.8, 4) is 0 Å². The van der Waals surface area contributed by atoms with Gasteiger partial charge in [0.2, 0.25) is 5.91 Å². The number of benzene rings is 1. The molecule has 1 saturated heterocycles. The van der Waals surface area contributed by atoms with Gasteiger partial charge < -0.3 is 15.0 Å². The SMILES string of the molecule is Cc1nnc(SCC(=O)Nc2ccc(C(F)(F)F)cc2N2CCOCC2)s1. The van der Waals surface area contributed by atoms with E-state index in [1.54, 1.807) is 4.90 Å². The van der Waals surface area contributed by atoms with E-state index in [1.165, 1.54) is 29.2 Å². The molecule has 0 atom stereocenters. The maximum Gasteiger partial charge on any atom is 0.416 e. The lowest BCUT2D eigenvalue weighted by atomic mass is 10.1. The van der Waals surface area contributed by atoms with Gasteiger partial charge in [-0.25, -0.2) is 0 Å². The number of carbonyl (C=O) groups is 1. The van der Waals surface area contributed by atoms with Gasteiger partial charge in [0.1, 0.15) is 5.01 Å². The second-order valence-corrected chi connectivity index (χ2v) is 8.16. The largest absolute Gasteiger partial charge is 0.416 e. The van der Waals surface area contributed by atoms with Crippen LogP contribution < -0.4 is 10.2 Å². The van der Waals surface area contributed by atoms with Crippen molar-refractivity contribution in [1.82, 2.24) is 10.2 Å². The van der Waals surface area contributed by atoms with Crippen LogP contribution in [0.25, 0.3) is 0 Å². The number of hydrogen-bond donors (Lipinski definition) is 1. The number of anilines is 2. The van der Waals surface area contributed by atoms with E-state index in [0.29, 0.717) is 42.0 Å². The lowest BCUT2D eigenvalue weighted by molar-refractivity contribution is -0.137. The van der Waals surface area contributed by atoms with Gasteiger partial charge in [-0.3, -0.25) is 4.79 Å². The van der Waals surface area contributed by atoms with Gasteiger partial charge in [0.15, 0.2) is 4.34 Å². The van der Waals surface area contributed by atoms with Crippen molar-refractivity contribution >= 4 is 40.4 Å². The lowest BCUT2D eigenvalue weighted by Gasteiger charge is -2.31. The molecule has 1 amide bonds. The normalized spacial score (nSPS) is 15.0. The summed E-state index contributed by atoms with van der Waals surface area (Å²) in [5.41, 5.74) is -0.0529. The van der Waals surface area contributed by atoms with Crippen molar-refractivity contribution < 1.29 is 22.7 Å². The Kier molecular flexibility index (Phi) is 6.22. The summed E-state index contributed by atoms with van der Waals surface area (Å²) in [5.74, 6) is -0.222. The van der Waals surface area contributed by atoms with Crippen LogP contribution >= 0.6 is 23.1 Å². The van der Waals surface area contributed by atoms with Crippen LogP contribution in [0.15, 0.2) is 22.5 Å². The fourth-order valence-corrected chi connectivity index (χ4v) is 4.15. The van der Waals surface area contributed by atoms with Gasteiger partial charge in [0.25, 0.3) is 0 Å². The molecule has 1 aliphatic heterocycles. The Hall–Kier alpha value is -1.85. The highest BCUT2D eigenvalue weighted by Gasteiger charge is 2.32. The van der Waals surface area contributed by atoms with Crippen LogP contribution in [-0.4, -0.2) is 48.2 Å². The number of thioether (sulfide) groups is 1. The smallest absolute Gasteiger partial charge is 0.378 e. The number of alkyl halides is 3. The molecule has 1 aromatic carbocycles. The molecule has 1 N–H and O–H groups in total. The summed E-state index contributed by atoms with van der Waals surface area (Å²) < 4.78 is 45.2. The van der Waals surface area contributed by atoms with Crippen molar-refractivity contribution in [3.63, 3.8) is 0 Å². The number of nitrogens with zero attached hydrogens (tertiary/aromatic N) is 3. The molecule has 0 radical (unpaired) electrons. The maximum atomic E-state index is 13.1. The number of amides is 1. The van der Waals surface area contributed by atoms with E-state index in [4.69, 9.17) is 4.74 Å². The summed E-state index contributed by atoms with van der Waals surface area (Å²) in [6, 6.07) is 3.34. The molecule has 1 aliphatic rings. The van der Waals surface area contributed by atoms with Crippen molar-refractivity contribution in [2.45, 2.75) is 17.4 Å². The third-order valence-corrected chi connectivity index (χ3v) is 5.76. The van der Waals surface area contributed by atoms with Gasteiger partial charge in [0.05, 0.1) is 35.9 Å². The van der Waals surface area contributed by atoms with Crippen LogP contribution in [0.2, 0.25) is 0 Å². The molecular formula is C16H17F3N4O2S2. The van der Waals surface area contributed by atoms with E-state index in [9.17, 15) is 18.0 Å². The molecule has 27 heavy (non-hydrogen) atoms. The average molecular weight is 418 g/mol. The Morgan fingerprint density at radius 2 is 2.07 bits per heavy atom. The Bertz CT molecular complexity index is 807. The standard InChI is InChI=1S/C16H17F3N4O2S2/c1-10-21-22-15(27-10)26-9-14(24)20-12-3-2-11(16(17,18)19)8-13(12)23-4-6-25-7-5-23/h2-3,8H,4-7,9H2,1H3,(H,20,24). The summed E-state index contributed by atoms with van der Waals surface area (Å²) in [4.78, 5) is 14.1. The number of ether oxygens (including phenoxy) is 1. The number of carbonyl (C=O) groups excluding carboxylic acids is 1. The van der Waals surface area contributed by atoms with Crippen LogP contribution in [0.4, 0.5) is 24.5 Å².